The molecule has 12 heavy (non-hydrogen) atoms. The summed E-state index contributed by atoms with van der Waals surface area (Å²) in [6.07, 6.45) is 0. The largest absolute Gasteiger partial charge is 0.422 e. The molecule has 0 aliphatic carbocycles. The van der Waals surface area contributed by atoms with Crippen LogP contribution in [0.15, 0.2) is 0 Å². The number of hydrogen-bond donors (Lipinski definition) is 1. The zero-order chi connectivity index (χ0) is 9.45. The van der Waals surface area contributed by atoms with Crippen molar-refractivity contribution >= 4 is 18.1 Å². The van der Waals surface area contributed by atoms with Crippen molar-refractivity contribution in [1.29, 1.82) is 0 Å². The summed E-state index contributed by atoms with van der Waals surface area (Å²) in [5, 5.41) is 8.45. The van der Waals surface area contributed by atoms with Gasteiger partial charge in [-0.1, -0.05) is 0 Å². The first-order valence-corrected chi connectivity index (χ1v) is 9.05. The van der Waals surface area contributed by atoms with Gasteiger partial charge in [-0.3, -0.25) is 0 Å². The second-order valence-corrected chi connectivity index (χ2v) is 9.35. The maximum atomic E-state index is 8.45. The van der Waals surface area contributed by atoms with Crippen LogP contribution in [0.1, 0.15) is 0 Å². The maximum absolute atomic E-state index is 8.45. The molecule has 0 saturated carbocycles. The Hall–Kier alpha value is 0.314. The Morgan fingerprint density at radius 2 is 2.08 bits per heavy atom. The Morgan fingerprint density at radius 1 is 1.42 bits per heavy atom. The van der Waals surface area contributed by atoms with Gasteiger partial charge in [-0.2, -0.15) is 0 Å². The van der Waals surface area contributed by atoms with Gasteiger partial charge in [-0.25, -0.2) is 0 Å². The van der Waals surface area contributed by atoms with Crippen molar-refractivity contribution in [2.24, 2.45) is 0 Å². The van der Waals surface area contributed by atoms with Crippen LogP contribution in [0.2, 0.25) is 25.2 Å². The van der Waals surface area contributed by atoms with E-state index in [1.54, 1.807) is 7.11 Å². The molecular formula is C7H20O3Si2. The highest BCUT2D eigenvalue weighted by Crippen LogP contribution is 2.11. The van der Waals surface area contributed by atoms with Gasteiger partial charge in [0.1, 0.15) is 0 Å². The van der Waals surface area contributed by atoms with Crippen molar-refractivity contribution in [2.75, 3.05) is 20.3 Å². The molecule has 0 fully saturated rings. The topological polar surface area (TPSA) is 38.7 Å². The van der Waals surface area contributed by atoms with Crippen molar-refractivity contribution in [2.45, 2.75) is 25.2 Å². The molecule has 0 aromatic rings. The Balaban J connectivity index is 3.19. The molecule has 3 nitrogen and oxygen atoms in total. The van der Waals surface area contributed by atoms with E-state index >= 15 is 0 Å². The molecule has 0 heterocycles. The van der Waals surface area contributed by atoms with Gasteiger partial charge in [0.15, 0.2) is 18.1 Å². The van der Waals surface area contributed by atoms with Gasteiger partial charge in [0.05, 0.1) is 13.2 Å². The molecule has 0 aromatic heterocycles. The predicted octanol–water partition coefficient (Wildman–Crippen LogP) is 0.349. The molecule has 0 aliphatic rings. The minimum absolute atomic E-state index is 0.151. The number of hydrogen-bond acceptors (Lipinski definition) is 3. The van der Waals surface area contributed by atoms with Crippen LogP contribution in [0.25, 0.3) is 0 Å². The summed E-state index contributed by atoms with van der Waals surface area (Å²) in [6.45, 7) is 5.10. The molecule has 5 heteroatoms. The number of aliphatic hydroxyl groups is 1. The standard InChI is InChI=1S/C7H20O3Si2/c1-9-12(2,3)7-6-11-10-5-4-8/h8H,4-7,11H2,1-3H3. The van der Waals surface area contributed by atoms with Gasteiger partial charge < -0.3 is 14.0 Å². The normalized spacial score (nSPS) is 13.0. The van der Waals surface area contributed by atoms with Gasteiger partial charge in [0, 0.05) is 7.11 Å². The third-order valence-electron chi connectivity index (χ3n) is 1.86. The van der Waals surface area contributed by atoms with E-state index in [1.807, 2.05) is 0 Å². The smallest absolute Gasteiger partial charge is 0.186 e. The highest BCUT2D eigenvalue weighted by Gasteiger charge is 2.19. The fourth-order valence-corrected chi connectivity index (χ4v) is 5.59. The van der Waals surface area contributed by atoms with Crippen LogP contribution in [-0.4, -0.2) is 43.5 Å². The third kappa shape index (κ3) is 6.99. The zero-order valence-corrected chi connectivity index (χ0v) is 10.7. The van der Waals surface area contributed by atoms with Crippen LogP contribution in [-0.2, 0) is 8.85 Å². The van der Waals surface area contributed by atoms with Crippen molar-refractivity contribution < 1.29 is 14.0 Å². The molecule has 0 unspecified atom stereocenters. The lowest BCUT2D eigenvalue weighted by atomic mass is 10.8. The van der Waals surface area contributed by atoms with E-state index in [2.05, 4.69) is 13.1 Å². The van der Waals surface area contributed by atoms with Gasteiger partial charge in [0.2, 0.25) is 0 Å². The SMILES string of the molecule is CO[Si](C)(C)CC[SiH2]OCCO. The molecule has 0 radical (unpaired) electrons. The van der Waals surface area contributed by atoms with Crippen LogP contribution < -0.4 is 0 Å². The van der Waals surface area contributed by atoms with Gasteiger partial charge in [0.25, 0.3) is 0 Å². The molecule has 1 N–H and O–H groups in total. The summed E-state index contributed by atoms with van der Waals surface area (Å²) < 4.78 is 10.7. The van der Waals surface area contributed by atoms with Crippen LogP contribution >= 0.6 is 0 Å². The van der Waals surface area contributed by atoms with Crippen molar-refractivity contribution in [1.82, 2.24) is 0 Å². The summed E-state index contributed by atoms with van der Waals surface area (Å²) in [4.78, 5) is 0. The minimum atomic E-state index is -1.35. The first-order chi connectivity index (χ1) is 5.62. The third-order valence-corrected chi connectivity index (χ3v) is 6.45. The monoisotopic (exact) mass is 208 g/mol. The summed E-state index contributed by atoms with van der Waals surface area (Å²) in [5.41, 5.74) is 0. The van der Waals surface area contributed by atoms with Gasteiger partial charge in [-0.05, 0) is 25.2 Å². The molecule has 0 aliphatic heterocycles. The van der Waals surface area contributed by atoms with Crippen LogP contribution in [0.3, 0.4) is 0 Å². The number of aliphatic hydroxyl groups excluding tert-OH is 1. The summed E-state index contributed by atoms with van der Waals surface area (Å²) in [7, 11) is 0.0547. The molecule has 0 aromatic carbocycles. The molecule has 0 saturated heterocycles. The second-order valence-electron chi connectivity index (χ2n) is 3.40. The molecule has 0 amide bonds. The van der Waals surface area contributed by atoms with E-state index in [-0.39, 0.29) is 6.61 Å². The average Bonchev–Trinajstić information content (AvgIpc) is 2.04. The van der Waals surface area contributed by atoms with E-state index in [1.165, 1.54) is 12.1 Å². The molecule has 0 atom stereocenters. The molecule has 0 bridgehead atoms. The van der Waals surface area contributed by atoms with Crippen molar-refractivity contribution in [3.05, 3.63) is 0 Å². The lowest BCUT2D eigenvalue weighted by Crippen LogP contribution is -2.28. The van der Waals surface area contributed by atoms with E-state index in [0.29, 0.717) is 6.61 Å². The highest BCUT2D eigenvalue weighted by molar-refractivity contribution is 6.71. The Labute approximate surface area is 78.2 Å². The average molecular weight is 208 g/mol. The summed E-state index contributed by atoms with van der Waals surface area (Å²) in [6, 6.07) is 2.36. The van der Waals surface area contributed by atoms with E-state index in [0.717, 1.165) is 0 Å². The molecule has 74 valence electrons. The fraction of sp³-hybridized carbons (Fsp3) is 1.00. The second kappa shape index (κ2) is 6.79. The summed E-state index contributed by atoms with van der Waals surface area (Å²) in [5.74, 6) is 0. The molecule has 0 rings (SSSR count). The molecular weight excluding hydrogens is 188 g/mol. The highest BCUT2D eigenvalue weighted by atomic mass is 28.4. The van der Waals surface area contributed by atoms with E-state index in [9.17, 15) is 0 Å². The summed E-state index contributed by atoms with van der Waals surface area (Å²) >= 11 is 0. The lowest BCUT2D eigenvalue weighted by molar-refractivity contribution is 0.207. The van der Waals surface area contributed by atoms with Gasteiger partial charge in [-0.15, -0.1) is 0 Å². The van der Waals surface area contributed by atoms with E-state index < -0.39 is 18.1 Å². The first-order valence-electron chi connectivity index (χ1n) is 4.36. The van der Waals surface area contributed by atoms with E-state index in [4.69, 9.17) is 14.0 Å². The Morgan fingerprint density at radius 3 is 2.58 bits per heavy atom. The maximum Gasteiger partial charge on any atom is 0.186 e. The lowest BCUT2D eigenvalue weighted by Gasteiger charge is -2.19. The fourth-order valence-electron chi connectivity index (χ4n) is 0.869. The van der Waals surface area contributed by atoms with Crippen molar-refractivity contribution in [3.63, 3.8) is 0 Å². The van der Waals surface area contributed by atoms with Crippen LogP contribution in [0.4, 0.5) is 0 Å². The van der Waals surface area contributed by atoms with Crippen LogP contribution in [0.5, 0.6) is 0 Å². The molecule has 0 spiro atoms. The quantitative estimate of drug-likeness (QED) is 0.485. The van der Waals surface area contributed by atoms with Crippen molar-refractivity contribution in [3.8, 4) is 0 Å². The number of rotatable bonds is 7. The Bertz CT molecular complexity index is 109. The van der Waals surface area contributed by atoms with Gasteiger partial charge >= 0.3 is 0 Å². The predicted molar refractivity (Wildman–Crippen MR) is 55.7 cm³/mol. The minimum Gasteiger partial charge on any atom is -0.422 e. The first kappa shape index (κ1) is 12.3. The van der Waals surface area contributed by atoms with Crippen LogP contribution in [0, 0.1) is 0 Å². The Kier molecular flexibility index (Phi) is 6.97. The zero-order valence-electron chi connectivity index (χ0n) is 8.30.